The number of hydrogen-bond donors (Lipinski definition) is 1. The van der Waals surface area contributed by atoms with E-state index in [0.717, 1.165) is 19.3 Å². The van der Waals surface area contributed by atoms with Crippen molar-refractivity contribution in [3.63, 3.8) is 0 Å². The quantitative estimate of drug-likeness (QED) is 0.771. The molecule has 1 fully saturated rings. The van der Waals surface area contributed by atoms with Crippen LogP contribution < -0.4 is 5.73 Å². The number of halogens is 1. The van der Waals surface area contributed by atoms with E-state index in [1.165, 1.54) is 6.07 Å². The average molecular weight is 418 g/mol. The SMILES string of the molecule is CC1CCCCN1S(=O)(=O)c1cccc(C(=O)N(C)CC(C)(C)CN)c1.Cl. The average Bonchev–Trinajstić information content (AvgIpc) is 2.61. The molecule has 2 rings (SSSR count). The lowest BCUT2D eigenvalue weighted by atomic mass is 9.93. The molecule has 6 nitrogen and oxygen atoms in total. The second-order valence-corrected chi connectivity index (χ2v) is 9.91. The number of hydrogen-bond acceptors (Lipinski definition) is 4. The van der Waals surface area contributed by atoms with Gasteiger partial charge < -0.3 is 10.6 Å². The monoisotopic (exact) mass is 417 g/mol. The third-order valence-electron chi connectivity index (χ3n) is 4.99. The van der Waals surface area contributed by atoms with E-state index in [-0.39, 0.29) is 34.7 Å². The van der Waals surface area contributed by atoms with Gasteiger partial charge in [0.15, 0.2) is 0 Å². The lowest BCUT2D eigenvalue weighted by molar-refractivity contribution is 0.0740. The van der Waals surface area contributed by atoms with Gasteiger partial charge in [-0.2, -0.15) is 4.31 Å². The fourth-order valence-electron chi connectivity index (χ4n) is 3.35. The summed E-state index contributed by atoms with van der Waals surface area (Å²) in [5, 5.41) is 0. The summed E-state index contributed by atoms with van der Waals surface area (Å²) in [6.07, 6.45) is 2.79. The number of carbonyl (C=O) groups is 1. The van der Waals surface area contributed by atoms with Gasteiger partial charge in [0, 0.05) is 31.7 Å². The molecule has 0 radical (unpaired) electrons. The first-order chi connectivity index (χ1) is 12.1. The molecule has 1 atom stereocenters. The third-order valence-corrected chi connectivity index (χ3v) is 7.00. The zero-order valence-electron chi connectivity index (χ0n) is 16.6. The van der Waals surface area contributed by atoms with Crippen LogP contribution in [0.5, 0.6) is 0 Å². The number of carbonyl (C=O) groups excluding carboxylic acids is 1. The standard InChI is InChI=1S/C19H31N3O3S.ClH/c1-15-8-5-6-11-22(15)26(24,25)17-10-7-9-16(12-17)18(23)21(4)14-19(2,3)13-20;/h7,9-10,12,15H,5-6,8,11,13-14,20H2,1-4H3;1H. The molecule has 0 spiro atoms. The molecule has 0 aromatic heterocycles. The minimum atomic E-state index is -3.59. The first kappa shape index (κ1) is 23.9. The highest BCUT2D eigenvalue weighted by atomic mass is 35.5. The third kappa shape index (κ3) is 5.67. The minimum Gasteiger partial charge on any atom is -0.341 e. The van der Waals surface area contributed by atoms with Crippen molar-refractivity contribution in [1.82, 2.24) is 9.21 Å². The van der Waals surface area contributed by atoms with Gasteiger partial charge in [-0.15, -0.1) is 12.4 Å². The molecule has 1 aliphatic rings. The maximum absolute atomic E-state index is 13.0. The number of amides is 1. The molecule has 154 valence electrons. The maximum Gasteiger partial charge on any atom is 0.253 e. The van der Waals surface area contributed by atoms with Crippen molar-refractivity contribution < 1.29 is 13.2 Å². The summed E-state index contributed by atoms with van der Waals surface area (Å²) < 4.78 is 27.6. The van der Waals surface area contributed by atoms with E-state index in [1.807, 2.05) is 20.8 Å². The van der Waals surface area contributed by atoms with Gasteiger partial charge >= 0.3 is 0 Å². The van der Waals surface area contributed by atoms with Gasteiger partial charge in [0.05, 0.1) is 4.90 Å². The maximum atomic E-state index is 13.0. The Morgan fingerprint density at radius 3 is 2.59 bits per heavy atom. The van der Waals surface area contributed by atoms with Crippen molar-refractivity contribution in [2.75, 3.05) is 26.7 Å². The van der Waals surface area contributed by atoms with Crippen LogP contribution >= 0.6 is 12.4 Å². The van der Waals surface area contributed by atoms with Gasteiger partial charge in [0.1, 0.15) is 0 Å². The van der Waals surface area contributed by atoms with Crippen molar-refractivity contribution >= 4 is 28.3 Å². The zero-order chi connectivity index (χ0) is 19.5. The Balaban J connectivity index is 0.00000364. The molecular weight excluding hydrogens is 386 g/mol. The van der Waals surface area contributed by atoms with Crippen LogP contribution in [0.2, 0.25) is 0 Å². The lowest BCUT2D eigenvalue weighted by Crippen LogP contribution is -2.42. The largest absolute Gasteiger partial charge is 0.341 e. The van der Waals surface area contributed by atoms with Crippen LogP contribution in [0.1, 0.15) is 50.4 Å². The van der Waals surface area contributed by atoms with Crippen LogP contribution in [0.4, 0.5) is 0 Å². The second kappa shape index (κ2) is 9.37. The minimum absolute atomic E-state index is 0. The van der Waals surface area contributed by atoms with Gasteiger partial charge in [0.25, 0.3) is 5.91 Å². The summed E-state index contributed by atoms with van der Waals surface area (Å²) in [6.45, 7) is 7.43. The van der Waals surface area contributed by atoms with Gasteiger partial charge in [-0.25, -0.2) is 8.42 Å². The van der Waals surface area contributed by atoms with E-state index < -0.39 is 10.0 Å². The van der Waals surface area contributed by atoms with Gasteiger partial charge in [-0.3, -0.25) is 4.79 Å². The fraction of sp³-hybridized carbons (Fsp3) is 0.632. The van der Waals surface area contributed by atoms with E-state index in [2.05, 4.69) is 0 Å². The van der Waals surface area contributed by atoms with Crippen molar-refractivity contribution in [1.29, 1.82) is 0 Å². The normalized spacial score (nSPS) is 18.6. The Bertz CT molecular complexity index is 752. The number of sulfonamides is 1. The molecule has 27 heavy (non-hydrogen) atoms. The highest BCUT2D eigenvalue weighted by molar-refractivity contribution is 7.89. The molecule has 1 unspecified atom stereocenters. The summed E-state index contributed by atoms with van der Waals surface area (Å²) >= 11 is 0. The van der Waals surface area contributed by atoms with Gasteiger partial charge in [-0.1, -0.05) is 26.3 Å². The molecule has 1 aliphatic heterocycles. The Hall–Kier alpha value is -1.15. The van der Waals surface area contributed by atoms with E-state index in [9.17, 15) is 13.2 Å². The zero-order valence-corrected chi connectivity index (χ0v) is 18.3. The highest BCUT2D eigenvalue weighted by Gasteiger charge is 2.31. The summed E-state index contributed by atoms with van der Waals surface area (Å²) in [5.41, 5.74) is 5.93. The number of nitrogens with two attached hydrogens (primary N) is 1. The molecule has 1 heterocycles. The first-order valence-electron chi connectivity index (χ1n) is 9.16. The van der Waals surface area contributed by atoms with E-state index in [4.69, 9.17) is 5.73 Å². The molecule has 1 aromatic rings. The molecule has 2 N–H and O–H groups in total. The lowest BCUT2D eigenvalue weighted by Gasteiger charge is -2.32. The Kier molecular flexibility index (Phi) is 8.29. The molecule has 0 aliphatic carbocycles. The molecule has 1 aromatic carbocycles. The van der Waals surface area contributed by atoms with Gasteiger partial charge in [0.2, 0.25) is 10.0 Å². The van der Waals surface area contributed by atoms with Crippen LogP contribution in [-0.2, 0) is 10.0 Å². The van der Waals surface area contributed by atoms with Crippen molar-refractivity contribution in [2.45, 2.75) is 51.0 Å². The molecule has 1 amide bonds. The summed E-state index contributed by atoms with van der Waals surface area (Å²) in [7, 11) is -1.87. The topological polar surface area (TPSA) is 83.7 Å². The Morgan fingerprint density at radius 2 is 2.00 bits per heavy atom. The first-order valence-corrected chi connectivity index (χ1v) is 10.6. The fourth-order valence-corrected chi connectivity index (χ4v) is 5.10. The van der Waals surface area contributed by atoms with Crippen LogP contribution in [0.15, 0.2) is 29.2 Å². The number of piperidine rings is 1. The molecule has 8 heteroatoms. The smallest absolute Gasteiger partial charge is 0.253 e. The molecule has 1 saturated heterocycles. The number of nitrogens with zero attached hydrogens (tertiary/aromatic N) is 2. The Morgan fingerprint density at radius 1 is 1.33 bits per heavy atom. The second-order valence-electron chi connectivity index (χ2n) is 8.02. The van der Waals surface area contributed by atoms with Crippen molar-refractivity contribution in [3.8, 4) is 0 Å². The molecule has 0 saturated carbocycles. The molecule has 0 bridgehead atoms. The van der Waals surface area contributed by atoms with Crippen LogP contribution in [0.3, 0.4) is 0 Å². The Labute approximate surface area is 169 Å². The van der Waals surface area contributed by atoms with E-state index >= 15 is 0 Å². The van der Waals surface area contributed by atoms with Crippen molar-refractivity contribution in [3.05, 3.63) is 29.8 Å². The highest BCUT2D eigenvalue weighted by Crippen LogP contribution is 2.26. The van der Waals surface area contributed by atoms with Crippen LogP contribution in [0, 0.1) is 5.41 Å². The van der Waals surface area contributed by atoms with Crippen LogP contribution in [0.25, 0.3) is 0 Å². The predicted octanol–water partition coefficient (Wildman–Crippen LogP) is 2.73. The van der Waals surface area contributed by atoms with Crippen LogP contribution in [-0.4, -0.2) is 56.3 Å². The number of benzene rings is 1. The summed E-state index contributed by atoms with van der Waals surface area (Å²) in [6, 6.07) is 6.34. The molecular formula is C19H32ClN3O3S. The predicted molar refractivity (Wildman–Crippen MR) is 111 cm³/mol. The van der Waals surface area contributed by atoms with E-state index in [1.54, 1.807) is 34.5 Å². The summed E-state index contributed by atoms with van der Waals surface area (Å²) in [5.74, 6) is -0.199. The van der Waals surface area contributed by atoms with Gasteiger partial charge in [-0.05, 0) is 49.9 Å². The van der Waals surface area contributed by atoms with Crippen molar-refractivity contribution in [2.24, 2.45) is 11.1 Å². The van der Waals surface area contributed by atoms with E-state index in [0.29, 0.717) is 25.2 Å². The summed E-state index contributed by atoms with van der Waals surface area (Å²) in [4.78, 5) is 14.5. The number of rotatable bonds is 6.